The number of hydrogen-bond acceptors (Lipinski definition) is 14. The summed E-state index contributed by atoms with van der Waals surface area (Å²) in [6, 6.07) is 13.0. The number of carbonyl (C=O) groups excluding carboxylic acids is 9. The second-order valence-electron chi connectivity index (χ2n) is 23.5. The van der Waals surface area contributed by atoms with Gasteiger partial charge in [0.05, 0.1) is 20.1 Å². The van der Waals surface area contributed by atoms with E-state index in [1.165, 1.54) is 91.9 Å². The van der Waals surface area contributed by atoms with Crippen molar-refractivity contribution in [2.24, 2.45) is 0 Å². The van der Waals surface area contributed by atoms with E-state index in [1.54, 1.807) is 43.0 Å². The van der Waals surface area contributed by atoms with Crippen LogP contribution in [0.5, 0.6) is 5.75 Å². The smallest absolute Gasteiger partial charge is 0.305 e. The Hall–Kier alpha value is -9.77. The number of rotatable bonds is 11. The fraction of sp³-hybridized carbons (Fsp3) is 0.379. The van der Waals surface area contributed by atoms with Crippen molar-refractivity contribution < 1.29 is 66.6 Å². The van der Waals surface area contributed by atoms with Crippen LogP contribution < -0.4 is 47.3 Å². The van der Waals surface area contributed by atoms with Crippen molar-refractivity contribution in [2.75, 3.05) is 38.2 Å². The molecule has 25 nitrogen and oxygen atoms in total. The summed E-state index contributed by atoms with van der Waals surface area (Å²) in [6.45, 7) is 2.83. The Morgan fingerprint density at radius 1 is 0.653 bits per heavy atom. The molecule has 0 unspecified atom stereocenters. The standard InChI is InChI=1S/C66H75F2N13O12S2/c1-37-59(86)74-34-57(83)76-50(26-41-32-72-48-14-10-43(67)28-46(41)48)60(87)77-51(27-42-33-73-49-15-11-44(68)29-47(42)49)61(88)79-53(31-58(84)85)63(90)78-52(30-55-69-18-19-70-55)62(89)80-54(25-38-8-12-45(93-3)13-9-38)64(91)81-21-5-17-66(81,2)65(92)71-20-23-95-36-40-7-4-6-39(24-40)35-94-22-16-56(82)75-37/h4,6-15,18-19,24,28-29,32-33,37,50-54,72-73H,5,16-17,20-23,25-27,30-31,34-36H2,1-3H3,(H,69,70)(H,71,92)(H,74,86)(H,75,82)(H,76,83)(H,77,87)(H,78,90)(H,79,88)(H,80,89)(H,84,85)/t37-,50-,51-,52-,53-,54-,66-/m0/s1. The Balaban J connectivity index is 1.04. The van der Waals surface area contributed by atoms with Gasteiger partial charge in [-0.3, -0.25) is 47.9 Å². The van der Waals surface area contributed by atoms with Gasteiger partial charge in [-0.25, -0.2) is 13.8 Å². The lowest BCUT2D eigenvalue weighted by atomic mass is 9.95. The Labute approximate surface area is 553 Å². The minimum Gasteiger partial charge on any atom is -0.497 e. The molecule has 1 saturated heterocycles. The fourth-order valence-corrected chi connectivity index (χ4v) is 13.1. The molecule has 7 atom stereocenters. The van der Waals surface area contributed by atoms with Gasteiger partial charge in [-0.2, -0.15) is 23.5 Å². The van der Waals surface area contributed by atoms with E-state index in [0.29, 0.717) is 69.1 Å². The summed E-state index contributed by atoms with van der Waals surface area (Å²) < 4.78 is 35.0. The average Bonchev–Trinajstić information content (AvgIpc) is 1.70. The largest absolute Gasteiger partial charge is 0.497 e. The topological polar surface area (TPSA) is 360 Å². The van der Waals surface area contributed by atoms with Gasteiger partial charge in [0.1, 0.15) is 65.0 Å². The van der Waals surface area contributed by atoms with Crippen molar-refractivity contribution in [1.29, 1.82) is 0 Å². The molecule has 2 aliphatic heterocycles. The number of thioether (sulfide) groups is 2. The van der Waals surface area contributed by atoms with E-state index in [9.17, 15) is 57.0 Å². The van der Waals surface area contributed by atoms with Gasteiger partial charge in [0.25, 0.3) is 0 Å². The number of aromatic amines is 3. The number of hydrogen-bond donors (Lipinski definition) is 12. The highest BCUT2D eigenvalue weighted by Gasteiger charge is 2.48. The van der Waals surface area contributed by atoms with Gasteiger partial charge in [0, 0.05) is 115 Å². The summed E-state index contributed by atoms with van der Waals surface area (Å²) >= 11 is 3.12. The molecule has 0 aliphatic carbocycles. The third kappa shape index (κ3) is 18.8. The molecule has 2 aliphatic rings. The number of nitrogens with one attached hydrogen (secondary N) is 11. The van der Waals surface area contributed by atoms with E-state index in [-0.39, 0.29) is 55.5 Å². The van der Waals surface area contributed by atoms with Crippen LogP contribution in [-0.2, 0) is 85.1 Å². The maximum Gasteiger partial charge on any atom is 0.305 e. The number of nitrogens with zero attached hydrogens (tertiary/aromatic N) is 2. The Kier molecular flexibility index (Phi) is 23.7. The predicted octanol–water partition coefficient (Wildman–Crippen LogP) is 3.52. The number of H-pyrrole nitrogens is 3. The van der Waals surface area contributed by atoms with Crippen molar-refractivity contribution in [2.45, 2.75) is 119 Å². The van der Waals surface area contributed by atoms with E-state index < -0.39 is 132 Å². The SMILES string of the molecule is COc1ccc(C[C@@H]2NC(=O)[C@H](Cc3ncc[nH]3)NC(=O)[C@H](CC(=O)O)NC(=O)[C@H](Cc3c[nH]c4ccc(F)cc34)NC(=O)[C@H](Cc3c[nH]c4ccc(F)cc34)NC(=O)CNC(=O)[C@H](C)NC(=O)CCSCc3cccc(c3)CSCCNC(=O)[C@]3(C)CCCN3C2=O)cc1. The van der Waals surface area contributed by atoms with Crippen LogP contribution in [0, 0.1) is 11.6 Å². The number of fused-ring (bicyclic) bond motifs is 5. The lowest BCUT2D eigenvalue weighted by Gasteiger charge is -2.36. The number of ether oxygens (including phenoxy) is 1. The zero-order chi connectivity index (χ0) is 67.8. The summed E-state index contributed by atoms with van der Waals surface area (Å²) in [6.07, 6.45) is 4.27. The highest BCUT2D eigenvalue weighted by Crippen LogP contribution is 2.31. The molecule has 0 spiro atoms. The lowest BCUT2D eigenvalue weighted by Crippen LogP contribution is -2.62. The van der Waals surface area contributed by atoms with Crippen LogP contribution in [0.3, 0.4) is 0 Å². The molecule has 12 N–H and O–H groups in total. The summed E-state index contributed by atoms with van der Waals surface area (Å²) in [5.74, 6) is -7.38. The van der Waals surface area contributed by atoms with E-state index in [1.807, 2.05) is 18.2 Å². The molecule has 1 fully saturated rings. The first-order valence-corrected chi connectivity index (χ1v) is 33.2. The number of carboxylic acids is 1. The van der Waals surface area contributed by atoms with Gasteiger partial charge in [-0.05, 0) is 103 Å². The number of amides is 9. The third-order valence-electron chi connectivity index (χ3n) is 16.5. The van der Waals surface area contributed by atoms with E-state index in [4.69, 9.17) is 4.74 Å². The average molecular weight is 1340 g/mol. The molecule has 7 aromatic rings. The molecule has 0 radical (unpaired) electrons. The molecule has 2 bridgehead atoms. The van der Waals surface area contributed by atoms with E-state index in [2.05, 4.69) is 68.5 Å². The van der Waals surface area contributed by atoms with Crippen LogP contribution in [0.25, 0.3) is 21.8 Å². The van der Waals surface area contributed by atoms with Crippen LogP contribution in [0.4, 0.5) is 8.78 Å². The minimum absolute atomic E-state index is 0.0704. The molecule has 95 heavy (non-hydrogen) atoms. The first-order chi connectivity index (χ1) is 45.6. The van der Waals surface area contributed by atoms with E-state index in [0.717, 1.165) is 11.1 Å². The zero-order valence-electron chi connectivity index (χ0n) is 52.4. The van der Waals surface area contributed by atoms with Gasteiger partial charge in [-0.1, -0.05) is 36.4 Å². The fourth-order valence-electron chi connectivity index (χ4n) is 11.4. The molecule has 5 heterocycles. The van der Waals surface area contributed by atoms with Crippen molar-refractivity contribution in [1.82, 2.24) is 67.4 Å². The monoisotopic (exact) mass is 1340 g/mol. The van der Waals surface area contributed by atoms with Crippen LogP contribution in [0.15, 0.2) is 110 Å². The van der Waals surface area contributed by atoms with E-state index >= 15 is 4.79 Å². The maximum atomic E-state index is 15.1. The Morgan fingerprint density at radius 3 is 1.83 bits per heavy atom. The van der Waals surface area contributed by atoms with Crippen LogP contribution >= 0.6 is 23.5 Å². The first-order valence-electron chi connectivity index (χ1n) is 30.9. The molecule has 0 saturated carbocycles. The first kappa shape index (κ1) is 69.6. The van der Waals surface area contributed by atoms with Crippen molar-refractivity contribution in [3.8, 4) is 5.75 Å². The number of methoxy groups -OCH3 is 1. The van der Waals surface area contributed by atoms with Crippen molar-refractivity contribution in [3.05, 3.63) is 155 Å². The van der Waals surface area contributed by atoms with Crippen LogP contribution in [0.2, 0.25) is 0 Å². The molecule has 4 aromatic carbocycles. The van der Waals surface area contributed by atoms with Crippen molar-refractivity contribution >= 4 is 104 Å². The molecule has 3 aromatic heterocycles. The molecule has 9 rings (SSSR count). The second-order valence-corrected chi connectivity index (χ2v) is 25.7. The number of carbonyl (C=O) groups is 10. The minimum atomic E-state index is -2.00. The van der Waals surface area contributed by atoms with Crippen LogP contribution in [0.1, 0.15) is 73.2 Å². The zero-order valence-corrected chi connectivity index (χ0v) is 54.0. The molecule has 9 amide bonds. The summed E-state index contributed by atoms with van der Waals surface area (Å²) in [7, 11) is 1.49. The van der Waals surface area contributed by atoms with Gasteiger partial charge in [-0.15, -0.1) is 0 Å². The highest BCUT2D eigenvalue weighted by molar-refractivity contribution is 7.98. The third-order valence-corrected chi connectivity index (χ3v) is 18.6. The quantitative estimate of drug-likeness (QED) is 0.0882. The number of carboxylic acid groups (broad SMARTS) is 1. The molecular formula is C66H75F2N13O12S2. The highest BCUT2D eigenvalue weighted by atomic mass is 32.2. The Bertz CT molecular complexity index is 3940. The summed E-state index contributed by atoms with van der Waals surface area (Å²) in [5.41, 5.74) is 2.80. The number of benzene rings is 4. The lowest BCUT2D eigenvalue weighted by molar-refractivity contribution is -0.146. The summed E-state index contributed by atoms with van der Waals surface area (Å²) in [5, 5.41) is 32.1. The van der Waals surface area contributed by atoms with Crippen molar-refractivity contribution in [3.63, 3.8) is 0 Å². The number of aliphatic carboxylic acids is 1. The second kappa shape index (κ2) is 32.4. The number of aromatic nitrogens is 4. The van der Waals surface area contributed by atoms with Gasteiger partial charge >= 0.3 is 5.97 Å². The normalized spacial score (nSPS) is 22.6. The van der Waals surface area contributed by atoms with Gasteiger partial charge in [0.15, 0.2) is 0 Å². The maximum absolute atomic E-state index is 15.1. The molecular weight excluding hydrogens is 1270 g/mol. The van der Waals surface area contributed by atoms with Crippen LogP contribution in [-0.4, -0.2) is 169 Å². The summed E-state index contributed by atoms with van der Waals surface area (Å²) in [4.78, 5) is 157. The number of imidazole rings is 1. The van der Waals surface area contributed by atoms with Gasteiger partial charge < -0.3 is 72.2 Å². The Morgan fingerprint density at radius 2 is 1.23 bits per heavy atom. The predicted molar refractivity (Wildman–Crippen MR) is 351 cm³/mol. The molecule has 29 heteroatoms. The molecule has 502 valence electrons. The number of halogens is 2. The van der Waals surface area contributed by atoms with Gasteiger partial charge in [0.2, 0.25) is 53.2 Å².